The van der Waals surface area contributed by atoms with E-state index >= 15 is 0 Å². The van der Waals surface area contributed by atoms with E-state index in [1.54, 1.807) is 36.8 Å². The number of halogens is 1. The first kappa shape index (κ1) is 28.6. The minimum atomic E-state index is -0.462. The number of aromatic nitrogens is 1. The van der Waals surface area contributed by atoms with E-state index < -0.39 is 11.7 Å². The number of carbonyl (C=O) groups excluding carboxylic acids is 2. The van der Waals surface area contributed by atoms with Gasteiger partial charge in [-0.25, -0.2) is 9.37 Å². The van der Waals surface area contributed by atoms with Crippen molar-refractivity contribution in [2.45, 2.75) is 6.61 Å². The van der Waals surface area contributed by atoms with Crippen molar-refractivity contribution in [2.75, 3.05) is 27.9 Å². The summed E-state index contributed by atoms with van der Waals surface area (Å²) in [7, 11) is 4.57. The molecule has 2 heterocycles. The number of pyridine rings is 1. The van der Waals surface area contributed by atoms with Gasteiger partial charge in [-0.15, -0.1) is 11.3 Å². The molecule has 0 bridgehead atoms. The maximum absolute atomic E-state index is 14.4. The van der Waals surface area contributed by atoms with Crippen molar-refractivity contribution >= 4 is 33.1 Å². The minimum Gasteiger partial charge on any atom is -0.497 e. The topological polar surface area (TPSA) is 96.0 Å². The number of fused-ring (bicyclic) bond motifs is 1. The van der Waals surface area contributed by atoms with Gasteiger partial charge in [0.25, 0.3) is 5.91 Å². The molecule has 0 spiro atoms. The number of nitrogens with zero attached hydrogens (tertiary/aromatic N) is 1. The van der Waals surface area contributed by atoms with Crippen LogP contribution in [0.15, 0.2) is 78.2 Å². The highest BCUT2D eigenvalue weighted by molar-refractivity contribution is 7.17. The highest BCUT2D eigenvalue weighted by atomic mass is 32.1. The molecule has 1 N–H and O–H groups in total. The number of rotatable bonds is 11. The van der Waals surface area contributed by atoms with E-state index in [1.165, 1.54) is 43.8 Å². The van der Waals surface area contributed by atoms with Gasteiger partial charge in [-0.1, -0.05) is 24.3 Å². The number of methoxy groups -OCH3 is 3. The predicted molar refractivity (Wildman–Crippen MR) is 159 cm³/mol. The fourth-order valence-corrected chi connectivity index (χ4v) is 5.28. The number of carbonyl (C=O) groups is 2. The van der Waals surface area contributed by atoms with Crippen LogP contribution in [0.25, 0.3) is 21.3 Å². The van der Waals surface area contributed by atoms with Crippen molar-refractivity contribution in [1.29, 1.82) is 0 Å². The summed E-state index contributed by atoms with van der Waals surface area (Å²) in [5.74, 6) is 0.787. The molecule has 0 saturated carbocycles. The summed E-state index contributed by atoms with van der Waals surface area (Å²) < 4.78 is 36.7. The third-order valence-electron chi connectivity index (χ3n) is 6.53. The Morgan fingerprint density at radius 2 is 1.67 bits per heavy atom. The summed E-state index contributed by atoms with van der Waals surface area (Å²) in [5, 5.41) is 5.12. The molecule has 0 unspecified atom stereocenters. The molecule has 8 nitrogen and oxygen atoms in total. The molecule has 5 rings (SSSR count). The monoisotopic (exact) mass is 586 g/mol. The second kappa shape index (κ2) is 12.7. The molecule has 5 aromatic rings. The van der Waals surface area contributed by atoms with E-state index in [9.17, 15) is 14.0 Å². The van der Waals surface area contributed by atoms with Crippen LogP contribution in [0.5, 0.6) is 23.0 Å². The van der Waals surface area contributed by atoms with Crippen LogP contribution >= 0.6 is 11.3 Å². The maximum Gasteiger partial charge on any atom is 0.251 e. The van der Waals surface area contributed by atoms with Gasteiger partial charge in [0.05, 0.1) is 38.3 Å². The number of ether oxygens (including phenoxy) is 4. The zero-order valence-electron chi connectivity index (χ0n) is 23.1. The standard InChI is InChI=1S/C32H27FN2O6S/c1-38-21-10-7-19(8-11-21)17-41-22-14-26(24-18-42-31-23(24)5-4-6-25(31)33)35-27(15-22)28(36)16-34-32(37)20-9-12-29(39-2)30(13-20)40-3/h4-15,18H,16-17H2,1-3H3,(H,34,37). The van der Waals surface area contributed by atoms with Gasteiger partial charge in [-0.2, -0.15) is 0 Å². The molecular formula is C32H27FN2O6S. The molecular weight excluding hydrogens is 559 g/mol. The largest absolute Gasteiger partial charge is 0.497 e. The van der Waals surface area contributed by atoms with Crippen molar-refractivity contribution in [3.05, 3.63) is 101 Å². The van der Waals surface area contributed by atoms with E-state index in [4.69, 9.17) is 18.9 Å². The Balaban J connectivity index is 1.41. The molecule has 3 aromatic carbocycles. The van der Waals surface area contributed by atoms with E-state index in [-0.39, 0.29) is 24.7 Å². The Labute approximate surface area is 245 Å². The lowest BCUT2D eigenvalue weighted by Gasteiger charge is -2.12. The van der Waals surface area contributed by atoms with Gasteiger partial charge in [0.15, 0.2) is 17.3 Å². The number of Topliss-reactive ketones (excluding diaryl/α,β-unsaturated/α-hetero) is 1. The van der Waals surface area contributed by atoms with Crippen molar-refractivity contribution in [3.8, 4) is 34.3 Å². The Kier molecular flexibility index (Phi) is 8.63. The third kappa shape index (κ3) is 6.18. The van der Waals surface area contributed by atoms with E-state index in [0.29, 0.717) is 44.2 Å². The normalized spacial score (nSPS) is 10.8. The van der Waals surface area contributed by atoms with Crippen molar-refractivity contribution < 1.29 is 32.9 Å². The number of nitrogens with one attached hydrogen (secondary N) is 1. The van der Waals surface area contributed by atoms with E-state index in [0.717, 1.165) is 11.3 Å². The Hall–Kier alpha value is -4.96. The van der Waals surface area contributed by atoms with Gasteiger partial charge < -0.3 is 24.3 Å². The van der Waals surface area contributed by atoms with Crippen LogP contribution in [0.2, 0.25) is 0 Å². The Morgan fingerprint density at radius 1 is 0.881 bits per heavy atom. The molecule has 0 radical (unpaired) electrons. The molecule has 0 fully saturated rings. The summed E-state index contributed by atoms with van der Waals surface area (Å²) in [6.45, 7) is -0.0727. The molecule has 0 aliphatic carbocycles. The maximum atomic E-state index is 14.4. The number of ketones is 1. The summed E-state index contributed by atoms with van der Waals surface area (Å²) >= 11 is 1.26. The van der Waals surface area contributed by atoms with Crippen LogP contribution in [0.4, 0.5) is 4.39 Å². The Morgan fingerprint density at radius 3 is 2.40 bits per heavy atom. The van der Waals surface area contributed by atoms with Crippen LogP contribution in [-0.2, 0) is 6.61 Å². The first-order valence-corrected chi connectivity index (χ1v) is 13.8. The highest BCUT2D eigenvalue weighted by Gasteiger charge is 2.18. The smallest absolute Gasteiger partial charge is 0.251 e. The van der Waals surface area contributed by atoms with Gasteiger partial charge in [-0.3, -0.25) is 9.59 Å². The average Bonchev–Trinajstić information content (AvgIpc) is 3.48. The van der Waals surface area contributed by atoms with Gasteiger partial charge in [0, 0.05) is 34.0 Å². The number of hydrogen-bond donors (Lipinski definition) is 1. The molecule has 42 heavy (non-hydrogen) atoms. The first-order valence-electron chi connectivity index (χ1n) is 12.9. The molecule has 2 aromatic heterocycles. The second-order valence-corrected chi connectivity index (χ2v) is 10.0. The predicted octanol–water partition coefficient (Wildman–Crippen LogP) is 6.32. The van der Waals surface area contributed by atoms with E-state index in [1.807, 2.05) is 30.3 Å². The van der Waals surface area contributed by atoms with E-state index in [2.05, 4.69) is 10.3 Å². The minimum absolute atomic E-state index is 0.0978. The van der Waals surface area contributed by atoms with Crippen molar-refractivity contribution in [2.24, 2.45) is 0 Å². The van der Waals surface area contributed by atoms with Crippen LogP contribution in [0.1, 0.15) is 26.4 Å². The molecule has 214 valence electrons. The first-order chi connectivity index (χ1) is 20.4. The van der Waals surface area contributed by atoms with Crippen LogP contribution in [0.3, 0.4) is 0 Å². The fourth-order valence-electron chi connectivity index (χ4n) is 4.31. The Bertz CT molecular complexity index is 1750. The number of benzene rings is 3. The van der Waals surface area contributed by atoms with Crippen LogP contribution in [0, 0.1) is 5.82 Å². The van der Waals surface area contributed by atoms with Gasteiger partial charge in [0.2, 0.25) is 0 Å². The summed E-state index contributed by atoms with van der Waals surface area (Å²) in [6.07, 6.45) is 0. The molecule has 10 heteroatoms. The molecule has 0 aliphatic heterocycles. The third-order valence-corrected chi connectivity index (χ3v) is 7.54. The lowest BCUT2D eigenvalue weighted by Crippen LogP contribution is -2.30. The SMILES string of the molecule is COc1ccc(COc2cc(C(=O)CNC(=O)c3ccc(OC)c(OC)c3)nc(-c3csc4c(F)cccc34)c2)cc1. The van der Waals surface area contributed by atoms with Crippen LogP contribution in [-0.4, -0.2) is 44.5 Å². The van der Waals surface area contributed by atoms with Crippen LogP contribution < -0.4 is 24.3 Å². The van der Waals surface area contributed by atoms with Gasteiger partial charge in [0.1, 0.15) is 29.6 Å². The van der Waals surface area contributed by atoms with Crippen molar-refractivity contribution in [1.82, 2.24) is 10.3 Å². The summed E-state index contributed by atoms with van der Waals surface area (Å²) in [6, 6.07) is 20.2. The van der Waals surface area contributed by atoms with Crippen molar-refractivity contribution in [3.63, 3.8) is 0 Å². The van der Waals surface area contributed by atoms with Gasteiger partial charge >= 0.3 is 0 Å². The zero-order chi connectivity index (χ0) is 29.6. The molecule has 0 saturated heterocycles. The lowest BCUT2D eigenvalue weighted by atomic mass is 10.1. The molecule has 0 aliphatic rings. The molecule has 0 atom stereocenters. The number of thiophene rings is 1. The second-order valence-electron chi connectivity index (χ2n) is 9.15. The lowest BCUT2D eigenvalue weighted by molar-refractivity contribution is 0.0902. The van der Waals surface area contributed by atoms with Gasteiger partial charge in [-0.05, 0) is 42.0 Å². The summed E-state index contributed by atoms with van der Waals surface area (Å²) in [4.78, 5) is 30.7. The number of amides is 1. The molecule has 1 amide bonds. The highest BCUT2D eigenvalue weighted by Crippen LogP contribution is 2.36. The quantitative estimate of drug-likeness (QED) is 0.181. The average molecular weight is 587 g/mol. The zero-order valence-corrected chi connectivity index (χ0v) is 23.9. The summed E-state index contributed by atoms with van der Waals surface area (Å²) in [5.41, 5.74) is 2.42. The number of hydrogen-bond acceptors (Lipinski definition) is 8. The fraction of sp³-hybridized carbons (Fsp3) is 0.156.